The van der Waals surface area contributed by atoms with Gasteiger partial charge in [-0.3, -0.25) is 10.1 Å². The second-order valence-corrected chi connectivity index (χ2v) is 7.86. The van der Waals surface area contributed by atoms with Crippen molar-refractivity contribution in [2.24, 2.45) is 7.05 Å². The van der Waals surface area contributed by atoms with E-state index in [0.717, 1.165) is 61.8 Å². The van der Waals surface area contributed by atoms with E-state index in [4.69, 9.17) is 0 Å². The summed E-state index contributed by atoms with van der Waals surface area (Å²) in [5.74, 6) is 0.981. The van der Waals surface area contributed by atoms with Crippen molar-refractivity contribution in [1.82, 2.24) is 29.7 Å². The Labute approximate surface area is 186 Å². The van der Waals surface area contributed by atoms with Crippen LogP contribution in [0.3, 0.4) is 0 Å². The molecule has 6 heteroatoms. The third-order valence-corrected chi connectivity index (χ3v) is 5.90. The van der Waals surface area contributed by atoms with Gasteiger partial charge in [0.25, 0.3) is 0 Å². The molecule has 0 amide bonds. The van der Waals surface area contributed by atoms with Crippen LogP contribution >= 0.6 is 0 Å². The van der Waals surface area contributed by atoms with Gasteiger partial charge in [0.15, 0.2) is 0 Å². The maximum atomic E-state index is 4.63. The van der Waals surface area contributed by atoms with Gasteiger partial charge >= 0.3 is 0 Å². The topological polar surface area (TPSA) is 75.2 Å². The fourth-order valence-corrected chi connectivity index (χ4v) is 4.10. The van der Waals surface area contributed by atoms with E-state index in [-0.39, 0.29) is 0 Å². The van der Waals surface area contributed by atoms with Crippen LogP contribution in [0.2, 0.25) is 0 Å². The number of aromatic nitrogens is 6. The molecule has 4 heterocycles. The third kappa shape index (κ3) is 3.26. The van der Waals surface area contributed by atoms with Gasteiger partial charge in [-0.05, 0) is 43.7 Å². The van der Waals surface area contributed by atoms with Crippen molar-refractivity contribution < 1.29 is 0 Å². The maximum absolute atomic E-state index is 4.63. The van der Waals surface area contributed by atoms with Gasteiger partial charge in [0, 0.05) is 47.2 Å². The standard InChI is InChI=1S/C26H24N6/c1-5-7-20(19-8-6-11-27-14-19)21-13-24(29-16(21)2)26-22-12-18(9-10-23(22)30-31-26)25-15-28-17(3)32(25)4/h5-15,29H,1H2,2-4H3,(H,30,31)/b20-7-. The summed E-state index contributed by atoms with van der Waals surface area (Å²) in [6.07, 6.45) is 9.38. The van der Waals surface area contributed by atoms with Crippen LogP contribution in [0.4, 0.5) is 0 Å². The molecule has 0 aliphatic heterocycles. The average Bonchev–Trinajstić information content (AvgIpc) is 3.49. The molecule has 0 unspecified atom stereocenters. The number of hydrogen-bond donors (Lipinski definition) is 2. The summed E-state index contributed by atoms with van der Waals surface area (Å²) in [5, 5.41) is 8.86. The zero-order chi connectivity index (χ0) is 22.2. The van der Waals surface area contributed by atoms with E-state index < -0.39 is 0 Å². The molecule has 0 radical (unpaired) electrons. The molecule has 0 aliphatic carbocycles. The van der Waals surface area contributed by atoms with E-state index >= 15 is 0 Å². The second-order valence-electron chi connectivity index (χ2n) is 7.86. The number of allylic oxidation sites excluding steroid dienone is 2. The molecule has 0 bridgehead atoms. The molecule has 4 aromatic heterocycles. The molecule has 158 valence electrons. The first kappa shape index (κ1) is 19.8. The number of pyridine rings is 1. The minimum absolute atomic E-state index is 0.888. The van der Waals surface area contributed by atoms with E-state index in [1.807, 2.05) is 38.5 Å². The molecule has 0 fully saturated rings. The van der Waals surface area contributed by atoms with Crippen LogP contribution in [0.25, 0.3) is 39.1 Å². The SMILES string of the molecule is C=C/C=C(/c1cccnc1)c1cc(-c2n[nH]c3ccc(-c4cnc(C)n4C)cc23)[nH]c1C. The number of nitrogens with zero attached hydrogens (tertiary/aromatic N) is 4. The minimum Gasteiger partial charge on any atom is -0.357 e. The highest BCUT2D eigenvalue weighted by Gasteiger charge is 2.17. The summed E-state index contributed by atoms with van der Waals surface area (Å²) < 4.78 is 2.10. The van der Waals surface area contributed by atoms with Crippen LogP contribution in [-0.2, 0) is 7.05 Å². The first-order valence-corrected chi connectivity index (χ1v) is 10.5. The lowest BCUT2D eigenvalue weighted by Crippen LogP contribution is -1.94. The molecular weight excluding hydrogens is 396 g/mol. The summed E-state index contributed by atoms with van der Waals surface area (Å²) in [5.41, 5.74) is 9.29. The number of rotatable bonds is 5. The number of nitrogens with one attached hydrogen (secondary N) is 2. The molecule has 2 N–H and O–H groups in total. The monoisotopic (exact) mass is 420 g/mol. The molecular formula is C26H24N6. The molecule has 32 heavy (non-hydrogen) atoms. The quantitative estimate of drug-likeness (QED) is 0.364. The number of imidazole rings is 1. The Bertz CT molecular complexity index is 1460. The highest BCUT2D eigenvalue weighted by molar-refractivity contribution is 5.96. The highest BCUT2D eigenvalue weighted by Crippen LogP contribution is 2.34. The van der Waals surface area contributed by atoms with Crippen LogP contribution in [0, 0.1) is 13.8 Å². The fraction of sp³-hybridized carbons (Fsp3) is 0.115. The molecule has 6 nitrogen and oxygen atoms in total. The lowest BCUT2D eigenvalue weighted by Gasteiger charge is -2.06. The van der Waals surface area contributed by atoms with E-state index in [1.54, 1.807) is 12.3 Å². The first-order valence-electron chi connectivity index (χ1n) is 10.5. The lowest BCUT2D eigenvalue weighted by molar-refractivity contribution is 0.865. The van der Waals surface area contributed by atoms with Gasteiger partial charge in [0.1, 0.15) is 11.5 Å². The molecule has 0 aliphatic rings. The third-order valence-electron chi connectivity index (χ3n) is 5.90. The molecule has 0 saturated carbocycles. The zero-order valence-electron chi connectivity index (χ0n) is 18.3. The molecule has 0 spiro atoms. The van der Waals surface area contributed by atoms with Gasteiger partial charge in [-0.15, -0.1) is 0 Å². The first-order chi connectivity index (χ1) is 15.6. The predicted octanol–water partition coefficient (Wildman–Crippen LogP) is 5.59. The largest absolute Gasteiger partial charge is 0.357 e. The van der Waals surface area contributed by atoms with Crippen LogP contribution < -0.4 is 0 Å². The highest BCUT2D eigenvalue weighted by atomic mass is 15.1. The van der Waals surface area contributed by atoms with Crippen molar-refractivity contribution in [2.75, 3.05) is 0 Å². The normalized spacial score (nSPS) is 11.9. The van der Waals surface area contributed by atoms with Crippen molar-refractivity contribution in [1.29, 1.82) is 0 Å². The van der Waals surface area contributed by atoms with E-state index in [2.05, 4.69) is 73.6 Å². The predicted molar refractivity (Wildman–Crippen MR) is 129 cm³/mol. The number of fused-ring (bicyclic) bond motifs is 1. The Morgan fingerprint density at radius 2 is 2.00 bits per heavy atom. The second kappa shape index (κ2) is 7.81. The van der Waals surface area contributed by atoms with E-state index in [9.17, 15) is 0 Å². The molecule has 1 aromatic carbocycles. The van der Waals surface area contributed by atoms with Crippen LogP contribution in [-0.4, -0.2) is 29.7 Å². The Hall–Kier alpha value is -4.19. The molecule has 5 aromatic rings. The summed E-state index contributed by atoms with van der Waals surface area (Å²) >= 11 is 0. The fourth-order valence-electron chi connectivity index (χ4n) is 4.10. The maximum Gasteiger partial charge on any atom is 0.116 e. The average molecular weight is 421 g/mol. The Morgan fingerprint density at radius 3 is 2.72 bits per heavy atom. The van der Waals surface area contributed by atoms with Crippen molar-refractivity contribution >= 4 is 16.5 Å². The van der Waals surface area contributed by atoms with Gasteiger partial charge in [0.05, 0.1) is 23.1 Å². The van der Waals surface area contributed by atoms with Gasteiger partial charge in [-0.1, -0.05) is 30.9 Å². The van der Waals surface area contributed by atoms with Gasteiger partial charge < -0.3 is 9.55 Å². The van der Waals surface area contributed by atoms with Crippen molar-refractivity contribution in [3.63, 3.8) is 0 Å². The van der Waals surface area contributed by atoms with Crippen LogP contribution in [0.5, 0.6) is 0 Å². The van der Waals surface area contributed by atoms with Crippen LogP contribution in [0.1, 0.15) is 22.6 Å². The molecule has 5 rings (SSSR count). The van der Waals surface area contributed by atoms with Crippen molar-refractivity contribution in [2.45, 2.75) is 13.8 Å². The van der Waals surface area contributed by atoms with E-state index in [1.165, 1.54) is 0 Å². The Kier molecular flexibility index (Phi) is 4.82. The summed E-state index contributed by atoms with van der Waals surface area (Å²) in [4.78, 5) is 12.2. The molecule has 0 saturated heterocycles. The van der Waals surface area contributed by atoms with Crippen molar-refractivity contribution in [3.8, 4) is 22.6 Å². The number of hydrogen-bond acceptors (Lipinski definition) is 3. The minimum atomic E-state index is 0.888. The number of aryl methyl sites for hydroxylation is 2. The Balaban J connectivity index is 1.62. The number of benzene rings is 1. The zero-order valence-corrected chi connectivity index (χ0v) is 18.3. The summed E-state index contributed by atoms with van der Waals surface area (Å²) in [6.45, 7) is 7.97. The Morgan fingerprint density at radius 1 is 1.12 bits per heavy atom. The lowest BCUT2D eigenvalue weighted by atomic mass is 9.98. The van der Waals surface area contributed by atoms with Crippen molar-refractivity contribution in [3.05, 3.63) is 96.4 Å². The van der Waals surface area contributed by atoms with Gasteiger partial charge in [-0.2, -0.15) is 5.10 Å². The number of H-pyrrole nitrogens is 2. The summed E-state index contributed by atoms with van der Waals surface area (Å²) in [7, 11) is 2.03. The van der Waals surface area contributed by atoms with Gasteiger partial charge in [-0.25, -0.2) is 4.98 Å². The molecule has 0 atom stereocenters. The number of aromatic amines is 2. The van der Waals surface area contributed by atoms with Crippen LogP contribution in [0.15, 0.2) is 73.7 Å². The van der Waals surface area contributed by atoms with E-state index in [0.29, 0.717) is 0 Å². The van der Waals surface area contributed by atoms with Gasteiger partial charge in [0.2, 0.25) is 0 Å². The smallest absolute Gasteiger partial charge is 0.116 e. The summed E-state index contributed by atoms with van der Waals surface area (Å²) in [6, 6.07) is 12.5.